The van der Waals surface area contributed by atoms with E-state index in [9.17, 15) is 17.2 Å². The van der Waals surface area contributed by atoms with Crippen LogP contribution in [0.5, 0.6) is 0 Å². The molecule has 0 saturated heterocycles. The minimum absolute atomic E-state index is 0.0929. The summed E-state index contributed by atoms with van der Waals surface area (Å²) >= 11 is 0. The monoisotopic (exact) mass is 314 g/mol. The molecule has 0 fully saturated rings. The van der Waals surface area contributed by atoms with Gasteiger partial charge >= 0.3 is 0 Å². The van der Waals surface area contributed by atoms with Crippen LogP contribution in [0.15, 0.2) is 35.5 Å². The predicted molar refractivity (Wildman–Crippen MR) is 73.4 cm³/mol. The molecule has 1 aromatic carbocycles. The van der Waals surface area contributed by atoms with Crippen molar-refractivity contribution in [2.45, 2.75) is 11.8 Å². The van der Waals surface area contributed by atoms with E-state index in [4.69, 9.17) is 0 Å². The zero-order valence-electron chi connectivity index (χ0n) is 11.0. The highest BCUT2D eigenvalue weighted by Crippen LogP contribution is 2.17. The van der Waals surface area contributed by atoms with Gasteiger partial charge in [0.2, 0.25) is 5.95 Å². The van der Waals surface area contributed by atoms with Crippen LogP contribution in [0.1, 0.15) is 6.92 Å². The van der Waals surface area contributed by atoms with E-state index in [-0.39, 0.29) is 10.6 Å². The third-order valence-electron chi connectivity index (χ3n) is 2.45. The number of rotatable bonds is 5. The second-order valence-corrected chi connectivity index (χ2v) is 5.69. The molecule has 9 heteroatoms. The number of nitrogens with zero attached hydrogens (tertiary/aromatic N) is 2. The number of aromatic nitrogens is 2. The minimum atomic E-state index is -3.97. The first-order valence-electron chi connectivity index (χ1n) is 5.96. The Bertz CT molecular complexity index is 735. The van der Waals surface area contributed by atoms with Crippen molar-refractivity contribution < 1.29 is 17.2 Å². The Morgan fingerprint density at radius 3 is 2.38 bits per heavy atom. The van der Waals surface area contributed by atoms with Crippen molar-refractivity contribution >= 4 is 21.7 Å². The van der Waals surface area contributed by atoms with Crippen LogP contribution in [-0.2, 0) is 10.0 Å². The lowest BCUT2D eigenvalue weighted by atomic mass is 10.3. The fourth-order valence-electron chi connectivity index (χ4n) is 1.48. The van der Waals surface area contributed by atoms with Crippen LogP contribution in [0.25, 0.3) is 0 Å². The molecule has 0 saturated carbocycles. The van der Waals surface area contributed by atoms with E-state index in [2.05, 4.69) is 20.0 Å². The van der Waals surface area contributed by atoms with Gasteiger partial charge in [0.1, 0.15) is 4.90 Å². The smallest absolute Gasteiger partial charge is 0.264 e. The lowest BCUT2D eigenvalue weighted by molar-refractivity contribution is 0.509. The number of hydrogen-bond acceptors (Lipinski definition) is 5. The quantitative estimate of drug-likeness (QED) is 0.881. The number of sulfonamides is 1. The maximum Gasteiger partial charge on any atom is 0.264 e. The lowest BCUT2D eigenvalue weighted by Crippen LogP contribution is -2.14. The average Bonchev–Trinajstić information content (AvgIpc) is 2.44. The number of nitrogens with one attached hydrogen (secondary N) is 2. The van der Waals surface area contributed by atoms with Crippen LogP contribution >= 0.6 is 0 Å². The highest BCUT2D eigenvalue weighted by molar-refractivity contribution is 7.92. The van der Waals surface area contributed by atoms with Crippen molar-refractivity contribution in [2.24, 2.45) is 0 Å². The van der Waals surface area contributed by atoms with Gasteiger partial charge in [-0.15, -0.1) is 0 Å². The van der Waals surface area contributed by atoms with Crippen LogP contribution in [0.2, 0.25) is 0 Å². The Kier molecular flexibility index (Phi) is 4.32. The summed E-state index contributed by atoms with van der Waals surface area (Å²) in [5, 5.41) is 2.82. The number of halogens is 2. The summed E-state index contributed by atoms with van der Waals surface area (Å²) < 4.78 is 52.0. The first-order chi connectivity index (χ1) is 9.92. The first kappa shape index (κ1) is 15.1. The van der Waals surface area contributed by atoms with Crippen molar-refractivity contribution in [3.05, 3.63) is 42.2 Å². The van der Waals surface area contributed by atoms with Gasteiger partial charge in [0.05, 0.1) is 18.1 Å². The summed E-state index contributed by atoms with van der Waals surface area (Å²) in [5.41, 5.74) is -0.0929. The van der Waals surface area contributed by atoms with Crippen molar-refractivity contribution in [3.8, 4) is 0 Å². The van der Waals surface area contributed by atoms with Gasteiger partial charge in [-0.2, -0.15) is 0 Å². The summed E-state index contributed by atoms with van der Waals surface area (Å²) in [6.45, 7) is 2.44. The van der Waals surface area contributed by atoms with Gasteiger partial charge < -0.3 is 5.32 Å². The molecule has 0 aliphatic heterocycles. The molecule has 2 rings (SSSR count). The highest BCUT2D eigenvalue weighted by atomic mass is 32.2. The van der Waals surface area contributed by atoms with Crippen molar-refractivity contribution in [1.29, 1.82) is 0 Å². The van der Waals surface area contributed by atoms with E-state index in [0.717, 1.165) is 30.6 Å². The standard InChI is InChI=1S/C12H12F2N4O2S/c1-2-15-12-16-6-9(7-17-12)21(19,20)18-8-3-4-10(13)11(14)5-8/h3-7,18H,2H2,1H3,(H,15,16,17). The maximum absolute atomic E-state index is 13.1. The fraction of sp³-hybridized carbons (Fsp3) is 0.167. The van der Waals surface area contributed by atoms with E-state index >= 15 is 0 Å². The molecule has 1 aromatic heterocycles. The van der Waals surface area contributed by atoms with E-state index in [1.807, 2.05) is 6.92 Å². The molecule has 0 spiro atoms. The second-order valence-electron chi connectivity index (χ2n) is 4.01. The SMILES string of the molecule is CCNc1ncc(S(=O)(=O)Nc2ccc(F)c(F)c2)cn1. The van der Waals surface area contributed by atoms with Gasteiger partial charge in [-0.3, -0.25) is 4.72 Å². The van der Waals surface area contributed by atoms with Gasteiger partial charge in [-0.1, -0.05) is 0 Å². The number of hydrogen-bond donors (Lipinski definition) is 2. The fourth-order valence-corrected chi connectivity index (χ4v) is 2.42. The summed E-state index contributed by atoms with van der Waals surface area (Å²) in [4.78, 5) is 7.48. The van der Waals surface area contributed by atoms with Crippen molar-refractivity contribution in [3.63, 3.8) is 0 Å². The van der Waals surface area contributed by atoms with Gasteiger partial charge in [0, 0.05) is 12.6 Å². The molecule has 1 heterocycles. The summed E-state index contributed by atoms with van der Waals surface area (Å²) in [7, 11) is -3.97. The summed E-state index contributed by atoms with van der Waals surface area (Å²) in [6.07, 6.45) is 2.24. The molecule has 6 nitrogen and oxygen atoms in total. The largest absolute Gasteiger partial charge is 0.355 e. The molecule has 0 unspecified atom stereocenters. The van der Waals surface area contributed by atoms with E-state index in [1.165, 1.54) is 0 Å². The maximum atomic E-state index is 13.1. The van der Waals surface area contributed by atoms with Gasteiger partial charge in [-0.05, 0) is 19.1 Å². The number of benzene rings is 1. The molecule has 0 amide bonds. The third-order valence-corrected chi connectivity index (χ3v) is 3.78. The average molecular weight is 314 g/mol. The Hall–Kier alpha value is -2.29. The first-order valence-corrected chi connectivity index (χ1v) is 7.44. The van der Waals surface area contributed by atoms with Crippen LogP contribution in [0.3, 0.4) is 0 Å². The van der Waals surface area contributed by atoms with Crippen LogP contribution in [-0.4, -0.2) is 24.9 Å². The van der Waals surface area contributed by atoms with Gasteiger partial charge in [-0.25, -0.2) is 27.2 Å². The molecular formula is C12H12F2N4O2S. The van der Waals surface area contributed by atoms with Crippen LogP contribution < -0.4 is 10.0 Å². The van der Waals surface area contributed by atoms with Crippen molar-refractivity contribution in [2.75, 3.05) is 16.6 Å². The topological polar surface area (TPSA) is 84.0 Å². The van der Waals surface area contributed by atoms with E-state index < -0.39 is 21.7 Å². The molecule has 2 aromatic rings. The zero-order chi connectivity index (χ0) is 15.5. The molecule has 0 aliphatic carbocycles. The Balaban J connectivity index is 2.23. The minimum Gasteiger partial charge on any atom is -0.355 e. The molecule has 112 valence electrons. The summed E-state index contributed by atoms with van der Waals surface area (Å²) in [6, 6.07) is 2.70. The normalized spacial score (nSPS) is 11.2. The Labute approximate surface area is 120 Å². The lowest BCUT2D eigenvalue weighted by Gasteiger charge is -2.08. The van der Waals surface area contributed by atoms with Crippen LogP contribution in [0, 0.1) is 11.6 Å². The van der Waals surface area contributed by atoms with Gasteiger partial charge in [0.15, 0.2) is 11.6 Å². The van der Waals surface area contributed by atoms with E-state index in [1.54, 1.807) is 0 Å². The molecule has 2 N–H and O–H groups in total. The van der Waals surface area contributed by atoms with Crippen LogP contribution in [0.4, 0.5) is 20.4 Å². The molecule has 21 heavy (non-hydrogen) atoms. The number of anilines is 2. The molecule has 0 aliphatic rings. The van der Waals surface area contributed by atoms with Gasteiger partial charge in [0.25, 0.3) is 10.0 Å². The Morgan fingerprint density at radius 2 is 1.81 bits per heavy atom. The van der Waals surface area contributed by atoms with E-state index in [0.29, 0.717) is 12.5 Å². The summed E-state index contributed by atoms with van der Waals surface area (Å²) in [5.74, 6) is -1.91. The second kappa shape index (κ2) is 6.00. The zero-order valence-corrected chi connectivity index (χ0v) is 11.8. The molecular weight excluding hydrogens is 302 g/mol. The molecule has 0 bridgehead atoms. The highest BCUT2D eigenvalue weighted by Gasteiger charge is 2.16. The Morgan fingerprint density at radius 1 is 1.14 bits per heavy atom. The third kappa shape index (κ3) is 3.63. The molecule has 0 atom stereocenters. The predicted octanol–water partition coefficient (Wildman–Crippen LogP) is 1.99. The van der Waals surface area contributed by atoms with Crippen molar-refractivity contribution in [1.82, 2.24) is 9.97 Å². The molecule has 0 radical (unpaired) electrons.